The molecule has 2 amide bonds. The van der Waals surface area contributed by atoms with Crippen LogP contribution in [-0.4, -0.2) is 51.1 Å². The highest BCUT2D eigenvalue weighted by Gasteiger charge is 2.20. The van der Waals surface area contributed by atoms with Crippen LogP contribution in [0.4, 0.5) is 11.4 Å². The normalized spacial score (nSPS) is 15.8. The highest BCUT2D eigenvalue weighted by Crippen LogP contribution is 2.29. The average molecular weight is 496 g/mol. The number of fused-ring (bicyclic) bond motifs is 1. The molecule has 6 rings (SSSR count). The summed E-state index contributed by atoms with van der Waals surface area (Å²) in [5.74, 6) is -0.531. The first-order valence-electron chi connectivity index (χ1n) is 12.9. The Morgan fingerprint density at radius 1 is 0.892 bits per heavy atom. The van der Waals surface area contributed by atoms with E-state index in [0.29, 0.717) is 17.1 Å². The molecular formula is C28H29N7O2. The molecule has 1 saturated heterocycles. The minimum atomic E-state index is -0.350. The van der Waals surface area contributed by atoms with Crippen LogP contribution in [0.5, 0.6) is 0 Å². The second-order valence-corrected chi connectivity index (χ2v) is 9.80. The maximum absolute atomic E-state index is 13.1. The zero-order valence-electron chi connectivity index (χ0n) is 20.5. The predicted octanol–water partition coefficient (Wildman–Crippen LogP) is 4.54. The fourth-order valence-corrected chi connectivity index (χ4v) is 5.22. The van der Waals surface area contributed by atoms with Crippen LogP contribution in [0.2, 0.25) is 0 Å². The summed E-state index contributed by atoms with van der Waals surface area (Å²) in [6.07, 6.45) is 12.0. The van der Waals surface area contributed by atoms with Crippen molar-refractivity contribution in [2.75, 3.05) is 23.3 Å². The number of amides is 2. The molecule has 0 unspecified atom stereocenters. The smallest absolute Gasteiger partial charge is 0.276 e. The van der Waals surface area contributed by atoms with Gasteiger partial charge in [0.1, 0.15) is 5.69 Å². The minimum Gasteiger partial charge on any atom is -0.370 e. The van der Waals surface area contributed by atoms with Crippen LogP contribution in [0.15, 0.2) is 55.0 Å². The molecule has 0 spiro atoms. The van der Waals surface area contributed by atoms with Crippen molar-refractivity contribution in [1.82, 2.24) is 25.5 Å². The van der Waals surface area contributed by atoms with E-state index >= 15 is 0 Å². The van der Waals surface area contributed by atoms with Crippen molar-refractivity contribution < 1.29 is 9.59 Å². The number of carbonyl (C=O) groups excluding carboxylic acids is 2. The van der Waals surface area contributed by atoms with Gasteiger partial charge >= 0.3 is 0 Å². The number of hydrogen-bond acceptors (Lipinski definition) is 6. The van der Waals surface area contributed by atoms with Gasteiger partial charge in [-0.15, -0.1) is 0 Å². The minimum absolute atomic E-state index is 0.182. The number of H-pyrrole nitrogens is 1. The Morgan fingerprint density at radius 2 is 1.73 bits per heavy atom. The molecule has 1 aromatic carbocycles. The molecule has 37 heavy (non-hydrogen) atoms. The van der Waals surface area contributed by atoms with E-state index in [1.165, 1.54) is 19.0 Å². The molecule has 1 aliphatic carbocycles. The molecule has 188 valence electrons. The van der Waals surface area contributed by atoms with Crippen molar-refractivity contribution in [3.63, 3.8) is 0 Å². The summed E-state index contributed by atoms with van der Waals surface area (Å²) in [5, 5.41) is 13.8. The van der Waals surface area contributed by atoms with Crippen LogP contribution in [0.1, 0.15) is 59.5 Å². The van der Waals surface area contributed by atoms with Crippen molar-refractivity contribution in [2.24, 2.45) is 0 Å². The molecule has 4 aromatic rings. The van der Waals surface area contributed by atoms with E-state index < -0.39 is 0 Å². The van der Waals surface area contributed by atoms with Gasteiger partial charge in [0.05, 0.1) is 29.3 Å². The van der Waals surface area contributed by atoms with Crippen molar-refractivity contribution in [3.05, 3.63) is 66.4 Å². The average Bonchev–Trinajstić information content (AvgIpc) is 3.71. The van der Waals surface area contributed by atoms with Gasteiger partial charge in [-0.2, -0.15) is 5.10 Å². The Hall–Kier alpha value is -4.27. The number of carbonyl (C=O) groups is 2. The van der Waals surface area contributed by atoms with E-state index in [-0.39, 0.29) is 17.9 Å². The number of nitrogens with zero attached hydrogens (tertiary/aromatic N) is 4. The van der Waals surface area contributed by atoms with Gasteiger partial charge in [0, 0.05) is 36.3 Å². The van der Waals surface area contributed by atoms with Crippen molar-refractivity contribution in [2.45, 2.75) is 44.6 Å². The Morgan fingerprint density at radius 3 is 2.51 bits per heavy atom. The van der Waals surface area contributed by atoms with Gasteiger partial charge in [-0.1, -0.05) is 18.9 Å². The quantitative estimate of drug-likeness (QED) is 0.362. The molecular weight excluding hydrogens is 466 g/mol. The molecule has 0 bridgehead atoms. The van der Waals surface area contributed by atoms with E-state index in [2.05, 4.69) is 41.8 Å². The molecule has 0 radical (unpaired) electrons. The lowest BCUT2D eigenvalue weighted by Crippen LogP contribution is -2.33. The van der Waals surface area contributed by atoms with Crippen molar-refractivity contribution in [1.29, 1.82) is 0 Å². The summed E-state index contributed by atoms with van der Waals surface area (Å²) in [6, 6.07) is 11.6. The summed E-state index contributed by atoms with van der Waals surface area (Å²) in [4.78, 5) is 36.6. The Bertz CT molecular complexity index is 1430. The van der Waals surface area contributed by atoms with E-state index in [1.807, 2.05) is 30.6 Å². The molecule has 1 saturated carbocycles. The number of anilines is 2. The van der Waals surface area contributed by atoms with Gasteiger partial charge < -0.3 is 15.5 Å². The van der Waals surface area contributed by atoms with Gasteiger partial charge in [0.25, 0.3) is 11.8 Å². The highest BCUT2D eigenvalue weighted by molar-refractivity contribution is 6.11. The van der Waals surface area contributed by atoms with Crippen LogP contribution in [-0.2, 0) is 0 Å². The lowest BCUT2D eigenvalue weighted by molar-refractivity contribution is 0.0932. The molecule has 9 heteroatoms. The summed E-state index contributed by atoms with van der Waals surface area (Å²) in [7, 11) is 0. The molecule has 3 aromatic heterocycles. The number of nitrogens with one attached hydrogen (secondary N) is 3. The third-order valence-electron chi connectivity index (χ3n) is 7.25. The molecule has 3 N–H and O–H groups in total. The van der Waals surface area contributed by atoms with Gasteiger partial charge in [-0.05, 0) is 61.6 Å². The third-order valence-corrected chi connectivity index (χ3v) is 7.25. The topological polar surface area (TPSA) is 116 Å². The fourth-order valence-electron chi connectivity index (χ4n) is 5.22. The molecule has 4 heterocycles. The van der Waals surface area contributed by atoms with E-state index in [1.54, 1.807) is 12.1 Å². The Kier molecular flexibility index (Phi) is 6.26. The first-order valence-corrected chi connectivity index (χ1v) is 12.9. The molecule has 9 nitrogen and oxygen atoms in total. The van der Waals surface area contributed by atoms with Crippen LogP contribution < -0.4 is 15.5 Å². The summed E-state index contributed by atoms with van der Waals surface area (Å²) in [6.45, 7) is 2.11. The van der Waals surface area contributed by atoms with Crippen LogP contribution >= 0.6 is 0 Å². The van der Waals surface area contributed by atoms with Gasteiger partial charge in [-0.3, -0.25) is 19.7 Å². The van der Waals surface area contributed by atoms with Crippen molar-refractivity contribution in [3.8, 4) is 11.1 Å². The van der Waals surface area contributed by atoms with Gasteiger partial charge in [0.15, 0.2) is 5.69 Å². The summed E-state index contributed by atoms with van der Waals surface area (Å²) in [5.41, 5.74) is 4.98. The maximum Gasteiger partial charge on any atom is 0.276 e. The predicted molar refractivity (Wildman–Crippen MR) is 143 cm³/mol. The zero-order chi connectivity index (χ0) is 25.2. The fraction of sp³-hybridized carbons (Fsp3) is 0.321. The van der Waals surface area contributed by atoms with Gasteiger partial charge in [0.2, 0.25) is 0 Å². The Balaban J connectivity index is 1.19. The van der Waals surface area contributed by atoms with E-state index in [0.717, 1.165) is 66.5 Å². The number of pyridine rings is 2. The SMILES string of the molecule is O=C(NC1CCCC1)c1ccc(NC(=O)c2n[nH]c3ccc(-c4cncc(N5CCCC5)c4)cc23)cn1. The standard InChI is InChI=1S/C28H29N7O2/c36-27(31-20-5-1-2-6-20)25-10-8-21(16-30-25)32-28(37)26-23-14-18(7-9-24(23)33-34-26)19-13-22(17-29-15-19)35-11-3-4-12-35/h7-10,13-17,20H,1-6,11-12H2,(H,31,36)(H,32,37)(H,33,34). The number of aromatic amines is 1. The van der Waals surface area contributed by atoms with Gasteiger partial charge in [-0.25, -0.2) is 4.98 Å². The van der Waals surface area contributed by atoms with E-state index in [4.69, 9.17) is 0 Å². The summed E-state index contributed by atoms with van der Waals surface area (Å²) >= 11 is 0. The van der Waals surface area contributed by atoms with Crippen LogP contribution in [0.25, 0.3) is 22.0 Å². The molecule has 2 aliphatic rings. The van der Waals surface area contributed by atoms with Crippen LogP contribution in [0, 0.1) is 0 Å². The maximum atomic E-state index is 13.1. The number of aromatic nitrogens is 4. The van der Waals surface area contributed by atoms with Crippen LogP contribution in [0.3, 0.4) is 0 Å². The number of benzene rings is 1. The lowest BCUT2D eigenvalue weighted by Gasteiger charge is -2.17. The summed E-state index contributed by atoms with van der Waals surface area (Å²) < 4.78 is 0. The molecule has 1 aliphatic heterocycles. The first kappa shape index (κ1) is 23.1. The van der Waals surface area contributed by atoms with E-state index in [9.17, 15) is 9.59 Å². The first-order chi connectivity index (χ1) is 18.1. The van der Waals surface area contributed by atoms with Crippen molar-refractivity contribution >= 4 is 34.1 Å². The molecule has 2 fully saturated rings. The second kappa shape index (κ2) is 10.0. The number of hydrogen-bond donors (Lipinski definition) is 3. The molecule has 0 atom stereocenters. The zero-order valence-corrected chi connectivity index (χ0v) is 20.5. The Labute approximate surface area is 214 Å². The number of rotatable bonds is 6. The monoisotopic (exact) mass is 495 g/mol. The lowest BCUT2D eigenvalue weighted by atomic mass is 10.0. The highest BCUT2D eigenvalue weighted by atomic mass is 16.2. The largest absolute Gasteiger partial charge is 0.370 e. The second-order valence-electron chi connectivity index (χ2n) is 9.80. The third kappa shape index (κ3) is 4.89.